The van der Waals surface area contributed by atoms with Gasteiger partial charge in [-0.15, -0.1) is 0 Å². The van der Waals surface area contributed by atoms with Gasteiger partial charge in [-0.2, -0.15) is 0 Å². The lowest BCUT2D eigenvalue weighted by molar-refractivity contribution is -0.140. The van der Waals surface area contributed by atoms with Crippen molar-refractivity contribution in [2.24, 2.45) is 0 Å². The lowest BCUT2D eigenvalue weighted by Crippen LogP contribution is -2.48. The molecular weight excluding hydrogens is 344 g/mol. The van der Waals surface area contributed by atoms with Gasteiger partial charge in [0, 0.05) is 5.70 Å². The molecule has 5 heteroatoms. The Kier molecular flexibility index (Phi) is 5.81. The molecule has 0 saturated heterocycles. The minimum absolute atomic E-state index is 0.232. The van der Waals surface area contributed by atoms with E-state index in [1.807, 2.05) is 79.7 Å². The first-order valence-electron chi connectivity index (χ1n) is 8.36. The maximum atomic E-state index is 12.7. The predicted octanol–water partition coefficient (Wildman–Crippen LogP) is 3.56. The first kappa shape index (κ1) is 17.9. The van der Waals surface area contributed by atoms with Crippen LogP contribution in [0.1, 0.15) is 18.1 Å². The topological polar surface area (TPSA) is 50.4 Å². The van der Waals surface area contributed by atoms with Gasteiger partial charge in [-0.3, -0.25) is 0 Å². The maximum Gasteiger partial charge on any atom is 0.338 e. The van der Waals surface area contributed by atoms with E-state index in [9.17, 15) is 4.79 Å². The fourth-order valence-electron chi connectivity index (χ4n) is 2.72. The van der Waals surface area contributed by atoms with Gasteiger partial charge in [-0.25, -0.2) is 4.79 Å². The van der Waals surface area contributed by atoms with Crippen LogP contribution in [0.4, 0.5) is 0 Å². The average Bonchev–Trinajstić information content (AvgIpc) is 2.66. The SMILES string of the molecule is CC1=C(C(=O)OCc2ccccc2)[C@H](/C=C\c2ccccc2)NC(=S)N1. The van der Waals surface area contributed by atoms with Crippen molar-refractivity contribution in [2.45, 2.75) is 19.6 Å². The molecule has 0 aliphatic carbocycles. The summed E-state index contributed by atoms with van der Waals surface area (Å²) >= 11 is 5.23. The number of carbonyl (C=O) groups excluding carboxylic acids is 1. The third kappa shape index (κ3) is 4.58. The van der Waals surface area contributed by atoms with Gasteiger partial charge in [-0.1, -0.05) is 72.8 Å². The molecular formula is C21H20N2O2S. The lowest BCUT2D eigenvalue weighted by atomic mass is 10.0. The summed E-state index contributed by atoms with van der Waals surface area (Å²) in [6, 6.07) is 19.2. The number of nitrogens with one attached hydrogen (secondary N) is 2. The molecule has 0 saturated carbocycles. The van der Waals surface area contributed by atoms with E-state index < -0.39 is 0 Å². The largest absolute Gasteiger partial charge is 0.457 e. The number of ether oxygens (including phenoxy) is 1. The fraction of sp³-hybridized carbons (Fsp3) is 0.143. The molecule has 0 bridgehead atoms. The van der Waals surface area contributed by atoms with Crippen LogP contribution in [0.15, 0.2) is 78.0 Å². The first-order chi connectivity index (χ1) is 12.6. The van der Waals surface area contributed by atoms with E-state index >= 15 is 0 Å². The van der Waals surface area contributed by atoms with Crippen molar-refractivity contribution in [1.82, 2.24) is 10.6 Å². The van der Waals surface area contributed by atoms with Crippen LogP contribution >= 0.6 is 12.2 Å². The number of hydrogen-bond donors (Lipinski definition) is 2. The summed E-state index contributed by atoms with van der Waals surface area (Å²) in [6.45, 7) is 2.06. The van der Waals surface area contributed by atoms with Crippen molar-refractivity contribution in [2.75, 3.05) is 0 Å². The highest BCUT2D eigenvalue weighted by molar-refractivity contribution is 7.80. The van der Waals surface area contributed by atoms with E-state index in [2.05, 4.69) is 10.6 Å². The van der Waals surface area contributed by atoms with Crippen molar-refractivity contribution in [3.8, 4) is 0 Å². The number of allylic oxidation sites excluding steroid dienone is 1. The van der Waals surface area contributed by atoms with Crippen LogP contribution in [0.5, 0.6) is 0 Å². The van der Waals surface area contributed by atoms with Crippen molar-refractivity contribution in [3.63, 3.8) is 0 Å². The molecule has 0 amide bonds. The zero-order valence-electron chi connectivity index (χ0n) is 14.4. The van der Waals surface area contributed by atoms with Crippen LogP contribution in [-0.2, 0) is 16.1 Å². The molecule has 1 atom stereocenters. The van der Waals surface area contributed by atoms with Gasteiger partial charge in [0.25, 0.3) is 0 Å². The first-order valence-corrected chi connectivity index (χ1v) is 8.77. The number of hydrogen-bond acceptors (Lipinski definition) is 3. The quantitative estimate of drug-likeness (QED) is 0.628. The van der Waals surface area contributed by atoms with Gasteiger partial charge >= 0.3 is 5.97 Å². The third-order valence-corrected chi connectivity index (χ3v) is 4.24. The Morgan fingerprint density at radius 3 is 2.46 bits per heavy atom. The zero-order valence-corrected chi connectivity index (χ0v) is 15.3. The molecule has 2 aromatic carbocycles. The highest BCUT2D eigenvalue weighted by Crippen LogP contribution is 2.17. The predicted molar refractivity (Wildman–Crippen MR) is 107 cm³/mol. The van der Waals surface area contributed by atoms with Gasteiger partial charge in [0.05, 0.1) is 11.6 Å². The number of thiocarbonyl (C=S) groups is 1. The number of carbonyl (C=O) groups is 1. The van der Waals surface area contributed by atoms with Crippen LogP contribution in [0.25, 0.3) is 6.08 Å². The minimum Gasteiger partial charge on any atom is -0.457 e. The second kappa shape index (κ2) is 8.45. The van der Waals surface area contributed by atoms with Gasteiger partial charge in [0.2, 0.25) is 0 Å². The van der Waals surface area contributed by atoms with Crippen molar-refractivity contribution < 1.29 is 9.53 Å². The Hall–Kier alpha value is -2.92. The van der Waals surface area contributed by atoms with Gasteiger partial charge in [0.1, 0.15) is 6.61 Å². The number of benzene rings is 2. The van der Waals surface area contributed by atoms with Gasteiger partial charge < -0.3 is 15.4 Å². The molecule has 0 radical (unpaired) electrons. The third-order valence-electron chi connectivity index (χ3n) is 4.02. The molecule has 0 fully saturated rings. The smallest absolute Gasteiger partial charge is 0.338 e. The van der Waals surface area contributed by atoms with Crippen LogP contribution in [-0.4, -0.2) is 17.1 Å². The summed E-state index contributed by atoms with van der Waals surface area (Å²) in [4.78, 5) is 12.7. The Balaban J connectivity index is 1.76. The molecule has 4 nitrogen and oxygen atoms in total. The number of esters is 1. The molecule has 26 heavy (non-hydrogen) atoms. The summed E-state index contributed by atoms with van der Waals surface area (Å²) in [5.41, 5.74) is 3.23. The summed E-state index contributed by atoms with van der Waals surface area (Å²) < 4.78 is 5.50. The monoisotopic (exact) mass is 364 g/mol. The Labute approximate surface area is 158 Å². The normalized spacial score (nSPS) is 17.0. The standard InChI is InChI=1S/C21H20N2O2S/c1-15-19(20(24)25-14-17-10-6-3-7-11-17)18(23-21(26)22-15)13-12-16-8-4-2-5-9-16/h2-13,18H,14H2,1H3,(H2,22,23,26)/b13-12-/t18-/m0/s1. The van der Waals surface area contributed by atoms with Crippen molar-refractivity contribution in [1.29, 1.82) is 0 Å². The molecule has 0 unspecified atom stereocenters. The van der Waals surface area contributed by atoms with E-state index in [0.717, 1.165) is 11.1 Å². The van der Waals surface area contributed by atoms with E-state index in [4.69, 9.17) is 17.0 Å². The van der Waals surface area contributed by atoms with E-state index in [-0.39, 0.29) is 18.6 Å². The van der Waals surface area contributed by atoms with Gasteiger partial charge in [0.15, 0.2) is 5.11 Å². The molecule has 1 aliphatic heterocycles. The average molecular weight is 364 g/mol. The molecule has 1 heterocycles. The molecule has 0 spiro atoms. The van der Waals surface area contributed by atoms with Crippen LogP contribution in [0.3, 0.4) is 0 Å². The van der Waals surface area contributed by atoms with Crippen LogP contribution < -0.4 is 10.6 Å². The summed E-state index contributed by atoms with van der Waals surface area (Å²) in [6.07, 6.45) is 3.88. The fourth-order valence-corrected chi connectivity index (χ4v) is 3.00. The molecule has 0 aromatic heterocycles. The second-order valence-corrected chi connectivity index (χ2v) is 6.35. The maximum absolute atomic E-state index is 12.7. The van der Waals surface area contributed by atoms with E-state index in [1.54, 1.807) is 0 Å². The molecule has 1 aliphatic rings. The summed E-state index contributed by atoms with van der Waals surface area (Å²) in [5, 5.41) is 6.61. The molecule has 2 aromatic rings. The Morgan fingerprint density at radius 1 is 1.12 bits per heavy atom. The second-order valence-electron chi connectivity index (χ2n) is 5.95. The summed E-state index contributed by atoms with van der Waals surface area (Å²) in [5.74, 6) is -0.364. The van der Waals surface area contributed by atoms with Gasteiger partial charge in [-0.05, 0) is 30.3 Å². The molecule has 3 rings (SSSR count). The van der Waals surface area contributed by atoms with Crippen LogP contribution in [0, 0.1) is 0 Å². The van der Waals surface area contributed by atoms with Crippen LogP contribution in [0.2, 0.25) is 0 Å². The zero-order chi connectivity index (χ0) is 18.4. The van der Waals surface area contributed by atoms with Crippen molar-refractivity contribution >= 4 is 29.4 Å². The van der Waals surface area contributed by atoms with E-state index in [1.165, 1.54) is 0 Å². The molecule has 2 N–H and O–H groups in total. The Morgan fingerprint density at radius 2 is 1.77 bits per heavy atom. The minimum atomic E-state index is -0.364. The molecule has 132 valence electrons. The van der Waals surface area contributed by atoms with E-state index in [0.29, 0.717) is 16.4 Å². The number of rotatable bonds is 5. The Bertz CT molecular complexity index is 845. The lowest BCUT2D eigenvalue weighted by Gasteiger charge is -2.27. The highest BCUT2D eigenvalue weighted by atomic mass is 32.1. The highest BCUT2D eigenvalue weighted by Gasteiger charge is 2.27. The van der Waals surface area contributed by atoms with Crippen molar-refractivity contribution in [3.05, 3.63) is 89.1 Å². The summed E-state index contributed by atoms with van der Waals surface area (Å²) in [7, 11) is 0.